The Balaban J connectivity index is 2.06. The standard InChI is InChI=1S/C18H19N3O4S/c1-11(2)12-4-6-13(7-5-12)17(22)20-18(26)19-15-9-8-14(21(23)24)10-16(15)25-3/h4-11H,1-3H3,(H2,19,20,22,26). The van der Waals surface area contributed by atoms with E-state index in [-0.39, 0.29) is 22.5 Å². The molecule has 2 aromatic carbocycles. The van der Waals surface area contributed by atoms with Gasteiger partial charge in [-0.25, -0.2) is 0 Å². The maximum atomic E-state index is 12.3. The first kappa shape index (κ1) is 19.3. The predicted octanol–water partition coefficient (Wildman–Crippen LogP) is 3.85. The second-order valence-electron chi connectivity index (χ2n) is 5.83. The zero-order chi connectivity index (χ0) is 19.3. The smallest absolute Gasteiger partial charge is 0.273 e. The molecule has 2 aromatic rings. The molecule has 0 aliphatic carbocycles. The van der Waals surface area contributed by atoms with Crippen LogP contribution in [0.2, 0.25) is 0 Å². The van der Waals surface area contributed by atoms with E-state index in [0.29, 0.717) is 17.2 Å². The first-order valence-corrected chi connectivity index (χ1v) is 8.27. The van der Waals surface area contributed by atoms with Crippen molar-refractivity contribution in [3.63, 3.8) is 0 Å². The summed E-state index contributed by atoms with van der Waals surface area (Å²) in [5, 5.41) is 16.3. The van der Waals surface area contributed by atoms with E-state index in [0.717, 1.165) is 5.56 Å². The van der Waals surface area contributed by atoms with E-state index in [2.05, 4.69) is 24.5 Å². The molecule has 2 rings (SSSR count). The summed E-state index contributed by atoms with van der Waals surface area (Å²) < 4.78 is 5.12. The summed E-state index contributed by atoms with van der Waals surface area (Å²) in [5.41, 5.74) is 1.93. The molecule has 0 aliphatic heterocycles. The van der Waals surface area contributed by atoms with E-state index in [1.54, 1.807) is 12.1 Å². The Morgan fingerprint density at radius 1 is 1.19 bits per heavy atom. The zero-order valence-corrected chi connectivity index (χ0v) is 15.4. The molecule has 136 valence electrons. The Kier molecular flexibility index (Phi) is 6.24. The molecule has 8 heteroatoms. The largest absolute Gasteiger partial charge is 0.494 e. The number of thiocarbonyl (C=S) groups is 1. The number of nitrogens with one attached hydrogen (secondary N) is 2. The number of nitro benzene ring substituents is 1. The molecule has 0 atom stereocenters. The molecule has 26 heavy (non-hydrogen) atoms. The van der Waals surface area contributed by atoms with Crippen LogP contribution >= 0.6 is 12.2 Å². The number of methoxy groups -OCH3 is 1. The summed E-state index contributed by atoms with van der Waals surface area (Å²) in [6, 6.07) is 11.3. The van der Waals surface area contributed by atoms with E-state index >= 15 is 0 Å². The molecule has 0 radical (unpaired) electrons. The van der Waals surface area contributed by atoms with E-state index in [1.165, 1.54) is 25.3 Å². The molecule has 0 unspecified atom stereocenters. The number of carbonyl (C=O) groups is 1. The van der Waals surface area contributed by atoms with E-state index in [9.17, 15) is 14.9 Å². The SMILES string of the molecule is COc1cc([N+](=O)[O-])ccc1NC(=S)NC(=O)c1ccc(C(C)C)cc1. The van der Waals surface area contributed by atoms with Crippen molar-refractivity contribution in [1.82, 2.24) is 5.32 Å². The highest BCUT2D eigenvalue weighted by Gasteiger charge is 2.14. The lowest BCUT2D eigenvalue weighted by atomic mass is 10.0. The van der Waals surface area contributed by atoms with E-state index < -0.39 is 4.92 Å². The van der Waals surface area contributed by atoms with Crippen molar-refractivity contribution in [2.45, 2.75) is 19.8 Å². The Hall–Kier alpha value is -3.00. The molecule has 0 bridgehead atoms. The monoisotopic (exact) mass is 373 g/mol. The Bertz CT molecular complexity index is 835. The van der Waals surface area contributed by atoms with Gasteiger partial charge in [0.15, 0.2) is 5.11 Å². The summed E-state index contributed by atoms with van der Waals surface area (Å²) >= 11 is 5.14. The highest BCUT2D eigenvalue weighted by molar-refractivity contribution is 7.80. The maximum absolute atomic E-state index is 12.3. The van der Waals surface area contributed by atoms with Gasteiger partial charge in [-0.2, -0.15) is 0 Å². The molecular formula is C18H19N3O4S. The van der Waals surface area contributed by atoms with Crippen molar-refractivity contribution in [1.29, 1.82) is 0 Å². The molecule has 0 heterocycles. The Morgan fingerprint density at radius 2 is 1.85 bits per heavy atom. The number of carbonyl (C=O) groups excluding carboxylic acids is 1. The third-order valence-electron chi connectivity index (χ3n) is 3.71. The normalized spacial score (nSPS) is 10.3. The molecule has 7 nitrogen and oxygen atoms in total. The van der Waals surface area contributed by atoms with Crippen LogP contribution < -0.4 is 15.4 Å². The summed E-state index contributed by atoms with van der Waals surface area (Å²) in [6.07, 6.45) is 0. The Labute approximate surface area is 156 Å². The summed E-state index contributed by atoms with van der Waals surface area (Å²) in [5.74, 6) is 0.278. The van der Waals surface area contributed by atoms with Gasteiger partial charge in [-0.05, 0) is 41.9 Å². The van der Waals surface area contributed by atoms with Gasteiger partial charge >= 0.3 is 0 Å². The van der Waals surface area contributed by atoms with Gasteiger partial charge in [-0.15, -0.1) is 0 Å². The fourth-order valence-electron chi connectivity index (χ4n) is 2.24. The van der Waals surface area contributed by atoms with Crippen molar-refractivity contribution in [2.75, 3.05) is 12.4 Å². The number of ether oxygens (including phenoxy) is 1. The second kappa shape index (κ2) is 8.39. The first-order valence-electron chi connectivity index (χ1n) is 7.86. The van der Waals surface area contributed by atoms with Gasteiger partial charge in [0.1, 0.15) is 5.75 Å². The molecule has 1 amide bonds. The van der Waals surface area contributed by atoms with Crippen LogP contribution in [0.15, 0.2) is 42.5 Å². The molecular weight excluding hydrogens is 354 g/mol. The minimum Gasteiger partial charge on any atom is -0.494 e. The molecule has 0 aliphatic rings. The summed E-state index contributed by atoms with van der Waals surface area (Å²) in [7, 11) is 1.39. The average molecular weight is 373 g/mol. The molecule has 0 saturated heterocycles. The first-order chi connectivity index (χ1) is 12.3. The second-order valence-corrected chi connectivity index (χ2v) is 6.23. The van der Waals surface area contributed by atoms with Gasteiger partial charge in [0.25, 0.3) is 11.6 Å². The van der Waals surface area contributed by atoms with Crippen LogP contribution in [0, 0.1) is 10.1 Å². The van der Waals surface area contributed by atoms with Gasteiger partial charge in [0, 0.05) is 11.6 Å². The minimum atomic E-state index is -0.521. The summed E-state index contributed by atoms with van der Waals surface area (Å²) in [6.45, 7) is 4.15. The van der Waals surface area contributed by atoms with E-state index in [1.807, 2.05) is 12.1 Å². The molecule has 0 spiro atoms. The van der Waals surface area contributed by atoms with Crippen molar-refractivity contribution in [3.05, 3.63) is 63.7 Å². The molecule has 0 aromatic heterocycles. The number of non-ortho nitro benzene ring substituents is 1. The number of hydrogen-bond acceptors (Lipinski definition) is 5. The van der Waals surface area contributed by atoms with Crippen LogP contribution in [0.25, 0.3) is 0 Å². The average Bonchev–Trinajstić information content (AvgIpc) is 2.61. The van der Waals surface area contributed by atoms with Crippen LogP contribution in [0.1, 0.15) is 35.7 Å². The zero-order valence-electron chi connectivity index (χ0n) is 14.6. The lowest BCUT2D eigenvalue weighted by molar-refractivity contribution is -0.384. The van der Waals surface area contributed by atoms with Gasteiger partial charge in [0.05, 0.1) is 23.8 Å². The van der Waals surface area contributed by atoms with Crippen LogP contribution in [0.3, 0.4) is 0 Å². The van der Waals surface area contributed by atoms with Crippen molar-refractivity contribution >= 4 is 34.6 Å². The highest BCUT2D eigenvalue weighted by atomic mass is 32.1. The Morgan fingerprint density at radius 3 is 2.38 bits per heavy atom. The quantitative estimate of drug-likeness (QED) is 0.470. The lowest BCUT2D eigenvalue weighted by Crippen LogP contribution is -2.34. The number of anilines is 1. The number of amides is 1. The fraction of sp³-hybridized carbons (Fsp3) is 0.222. The van der Waals surface area contributed by atoms with Crippen LogP contribution in [0.4, 0.5) is 11.4 Å². The van der Waals surface area contributed by atoms with Gasteiger partial charge in [-0.3, -0.25) is 20.2 Å². The number of nitrogens with zero attached hydrogens (tertiary/aromatic N) is 1. The van der Waals surface area contributed by atoms with Gasteiger partial charge in [-0.1, -0.05) is 26.0 Å². The van der Waals surface area contributed by atoms with Gasteiger partial charge < -0.3 is 10.1 Å². The van der Waals surface area contributed by atoms with Gasteiger partial charge in [0.2, 0.25) is 0 Å². The fourth-order valence-corrected chi connectivity index (χ4v) is 2.45. The number of hydrogen-bond donors (Lipinski definition) is 2. The van der Waals surface area contributed by atoms with Crippen LogP contribution in [-0.4, -0.2) is 23.1 Å². The lowest BCUT2D eigenvalue weighted by Gasteiger charge is -2.13. The van der Waals surface area contributed by atoms with Crippen LogP contribution in [0.5, 0.6) is 5.75 Å². The maximum Gasteiger partial charge on any atom is 0.273 e. The number of benzene rings is 2. The number of nitro groups is 1. The van der Waals surface area contributed by atoms with Crippen LogP contribution in [-0.2, 0) is 0 Å². The third-order valence-corrected chi connectivity index (χ3v) is 3.91. The van der Waals surface area contributed by atoms with Crippen molar-refractivity contribution in [3.8, 4) is 5.75 Å². The summed E-state index contributed by atoms with van der Waals surface area (Å²) in [4.78, 5) is 22.6. The molecule has 2 N–H and O–H groups in total. The minimum absolute atomic E-state index is 0.0649. The predicted molar refractivity (Wildman–Crippen MR) is 104 cm³/mol. The molecule has 0 fully saturated rings. The highest BCUT2D eigenvalue weighted by Crippen LogP contribution is 2.28. The van der Waals surface area contributed by atoms with E-state index in [4.69, 9.17) is 17.0 Å². The van der Waals surface area contributed by atoms with Crippen molar-refractivity contribution < 1.29 is 14.5 Å². The number of rotatable bonds is 5. The van der Waals surface area contributed by atoms with Crippen molar-refractivity contribution in [2.24, 2.45) is 0 Å². The third kappa shape index (κ3) is 4.76. The topological polar surface area (TPSA) is 93.5 Å². The molecule has 0 saturated carbocycles.